The highest BCUT2D eigenvalue weighted by Gasteiger charge is 2.22. The molecule has 5 heteroatoms. The van der Waals surface area contributed by atoms with Gasteiger partial charge in [-0.3, -0.25) is 9.59 Å². The molecule has 0 saturated heterocycles. The lowest BCUT2D eigenvalue weighted by Crippen LogP contribution is -2.03. The molecule has 0 spiro atoms. The predicted octanol–water partition coefficient (Wildman–Crippen LogP) is 4.14. The zero-order chi connectivity index (χ0) is 15.1. The molecule has 0 unspecified atom stereocenters. The van der Waals surface area contributed by atoms with Gasteiger partial charge in [-0.2, -0.15) is 0 Å². The number of benzene rings is 2. The van der Waals surface area contributed by atoms with E-state index in [1.165, 1.54) is 0 Å². The van der Waals surface area contributed by atoms with Crippen LogP contribution in [-0.2, 0) is 11.2 Å². The molecule has 0 aromatic heterocycles. The number of anilines is 1. The van der Waals surface area contributed by atoms with Crippen molar-refractivity contribution in [3.05, 3.63) is 62.1 Å². The van der Waals surface area contributed by atoms with E-state index in [2.05, 4.69) is 21.2 Å². The quantitative estimate of drug-likeness (QED) is 0.814. The zero-order valence-corrected chi connectivity index (χ0v) is 13.5. The standard InChI is InChI=1S/C16H11BrClNO2/c1-8-4-9(2-3-12(8)17)16(21)11-5-10-6-15(20)19-14(10)7-13(11)18/h2-5,7H,6H2,1H3,(H,19,20). The van der Waals surface area contributed by atoms with Crippen LogP contribution in [0.4, 0.5) is 5.69 Å². The topological polar surface area (TPSA) is 46.2 Å². The van der Waals surface area contributed by atoms with Crippen LogP contribution in [0.15, 0.2) is 34.8 Å². The Bertz CT molecular complexity index is 786. The summed E-state index contributed by atoms with van der Waals surface area (Å²) >= 11 is 9.60. The van der Waals surface area contributed by atoms with Crippen LogP contribution in [0.3, 0.4) is 0 Å². The van der Waals surface area contributed by atoms with Crippen molar-refractivity contribution < 1.29 is 9.59 Å². The average molecular weight is 365 g/mol. The van der Waals surface area contributed by atoms with Crippen LogP contribution in [0, 0.1) is 6.92 Å². The van der Waals surface area contributed by atoms with Crippen LogP contribution >= 0.6 is 27.5 Å². The van der Waals surface area contributed by atoms with Gasteiger partial charge in [-0.05, 0) is 48.4 Å². The summed E-state index contributed by atoms with van der Waals surface area (Å²) in [6, 6.07) is 8.76. The second kappa shape index (κ2) is 5.28. The first kappa shape index (κ1) is 14.3. The molecule has 2 aromatic carbocycles. The van der Waals surface area contributed by atoms with E-state index in [1.807, 2.05) is 19.1 Å². The Morgan fingerprint density at radius 2 is 2.05 bits per heavy atom. The molecule has 1 amide bonds. The van der Waals surface area contributed by atoms with Crippen molar-refractivity contribution in [3.63, 3.8) is 0 Å². The molecule has 1 N–H and O–H groups in total. The number of nitrogens with one attached hydrogen (secondary N) is 1. The molecule has 0 saturated carbocycles. The molecular formula is C16H11BrClNO2. The molecule has 0 aliphatic carbocycles. The van der Waals surface area contributed by atoms with Crippen molar-refractivity contribution in [3.8, 4) is 0 Å². The van der Waals surface area contributed by atoms with E-state index in [0.29, 0.717) is 21.8 Å². The summed E-state index contributed by atoms with van der Waals surface area (Å²) in [7, 11) is 0. The third-order valence-electron chi connectivity index (χ3n) is 3.48. The smallest absolute Gasteiger partial charge is 0.228 e. The minimum absolute atomic E-state index is 0.0786. The molecule has 1 heterocycles. The number of fused-ring (bicyclic) bond motifs is 1. The molecule has 3 rings (SSSR count). The van der Waals surface area contributed by atoms with Crippen LogP contribution in [0.5, 0.6) is 0 Å². The SMILES string of the molecule is Cc1cc(C(=O)c2cc3c(cc2Cl)NC(=O)C3)ccc1Br. The van der Waals surface area contributed by atoms with Crippen molar-refractivity contribution >= 4 is 44.9 Å². The number of halogens is 2. The summed E-state index contributed by atoms with van der Waals surface area (Å²) in [6.45, 7) is 1.92. The Balaban J connectivity index is 2.04. The second-order valence-electron chi connectivity index (χ2n) is 5.01. The van der Waals surface area contributed by atoms with Crippen molar-refractivity contribution in [2.75, 3.05) is 5.32 Å². The van der Waals surface area contributed by atoms with Crippen molar-refractivity contribution in [1.29, 1.82) is 0 Å². The Morgan fingerprint density at radius 3 is 2.76 bits per heavy atom. The Morgan fingerprint density at radius 1 is 1.29 bits per heavy atom. The van der Waals surface area contributed by atoms with Gasteiger partial charge in [0.15, 0.2) is 5.78 Å². The zero-order valence-electron chi connectivity index (χ0n) is 11.2. The van der Waals surface area contributed by atoms with Crippen molar-refractivity contribution in [2.45, 2.75) is 13.3 Å². The van der Waals surface area contributed by atoms with Crippen LogP contribution in [-0.4, -0.2) is 11.7 Å². The van der Waals surface area contributed by atoms with Gasteiger partial charge in [0.05, 0.1) is 11.4 Å². The van der Waals surface area contributed by atoms with Gasteiger partial charge in [-0.25, -0.2) is 0 Å². The molecule has 2 aromatic rings. The number of rotatable bonds is 2. The Hall–Kier alpha value is -1.65. The lowest BCUT2D eigenvalue weighted by atomic mass is 9.99. The van der Waals surface area contributed by atoms with Gasteiger partial charge in [0.2, 0.25) is 5.91 Å². The summed E-state index contributed by atoms with van der Waals surface area (Å²) in [6.07, 6.45) is 0.284. The molecule has 106 valence electrons. The van der Waals surface area contributed by atoms with E-state index in [0.717, 1.165) is 15.6 Å². The summed E-state index contributed by atoms with van der Waals surface area (Å²) in [5, 5.41) is 3.07. The molecule has 1 aliphatic heterocycles. The molecule has 0 radical (unpaired) electrons. The molecule has 0 bridgehead atoms. The molecule has 0 atom stereocenters. The largest absolute Gasteiger partial charge is 0.325 e. The number of amides is 1. The lowest BCUT2D eigenvalue weighted by Gasteiger charge is -2.08. The van der Waals surface area contributed by atoms with Crippen molar-refractivity contribution in [2.24, 2.45) is 0 Å². The first-order valence-corrected chi connectivity index (χ1v) is 7.56. The number of ketones is 1. The first-order valence-electron chi connectivity index (χ1n) is 6.39. The highest BCUT2D eigenvalue weighted by atomic mass is 79.9. The van der Waals surface area contributed by atoms with E-state index in [9.17, 15) is 9.59 Å². The lowest BCUT2D eigenvalue weighted by molar-refractivity contribution is -0.115. The fourth-order valence-corrected chi connectivity index (χ4v) is 2.86. The number of hydrogen-bond acceptors (Lipinski definition) is 2. The Labute approximate surface area is 135 Å². The van der Waals surface area contributed by atoms with E-state index >= 15 is 0 Å². The van der Waals surface area contributed by atoms with Gasteiger partial charge in [-0.1, -0.05) is 27.5 Å². The van der Waals surface area contributed by atoms with Crippen LogP contribution < -0.4 is 5.32 Å². The highest BCUT2D eigenvalue weighted by Crippen LogP contribution is 2.31. The maximum absolute atomic E-state index is 12.6. The summed E-state index contributed by atoms with van der Waals surface area (Å²) < 4.78 is 0.953. The maximum Gasteiger partial charge on any atom is 0.228 e. The van der Waals surface area contributed by atoms with E-state index < -0.39 is 0 Å². The van der Waals surface area contributed by atoms with Crippen LogP contribution in [0.2, 0.25) is 5.02 Å². The summed E-state index contributed by atoms with van der Waals surface area (Å²) in [5.74, 6) is -0.220. The number of hydrogen-bond donors (Lipinski definition) is 1. The van der Waals surface area contributed by atoms with Crippen molar-refractivity contribution in [1.82, 2.24) is 0 Å². The highest BCUT2D eigenvalue weighted by molar-refractivity contribution is 9.10. The number of aryl methyl sites for hydroxylation is 1. The van der Waals surface area contributed by atoms with Gasteiger partial charge >= 0.3 is 0 Å². The average Bonchev–Trinajstić information content (AvgIpc) is 2.79. The molecule has 0 fully saturated rings. The summed E-state index contributed by atoms with van der Waals surface area (Å²) in [4.78, 5) is 24.0. The second-order valence-corrected chi connectivity index (χ2v) is 6.27. The molecule has 3 nitrogen and oxygen atoms in total. The third-order valence-corrected chi connectivity index (χ3v) is 4.69. The van der Waals surface area contributed by atoms with Gasteiger partial charge in [0, 0.05) is 21.3 Å². The van der Waals surface area contributed by atoms with Crippen LogP contribution in [0.1, 0.15) is 27.0 Å². The Kier molecular flexibility index (Phi) is 3.59. The minimum atomic E-state index is -0.141. The van der Waals surface area contributed by atoms with E-state index in [4.69, 9.17) is 11.6 Å². The normalized spacial score (nSPS) is 13.0. The number of carbonyl (C=O) groups excluding carboxylic acids is 2. The van der Waals surface area contributed by atoms with Gasteiger partial charge in [0.1, 0.15) is 0 Å². The molecule has 21 heavy (non-hydrogen) atoms. The number of carbonyl (C=O) groups is 2. The maximum atomic E-state index is 12.6. The molecular weight excluding hydrogens is 354 g/mol. The van der Waals surface area contributed by atoms with E-state index in [1.54, 1.807) is 18.2 Å². The molecule has 1 aliphatic rings. The third kappa shape index (κ3) is 2.61. The predicted molar refractivity (Wildman–Crippen MR) is 86.1 cm³/mol. The van der Waals surface area contributed by atoms with Gasteiger partial charge < -0.3 is 5.32 Å². The fourth-order valence-electron chi connectivity index (χ4n) is 2.36. The van der Waals surface area contributed by atoms with Gasteiger partial charge in [0.25, 0.3) is 0 Å². The van der Waals surface area contributed by atoms with E-state index in [-0.39, 0.29) is 18.1 Å². The first-order chi connectivity index (χ1) is 9.95. The summed E-state index contributed by atoms with van der Waals surface area (Å²) in [5.41, 5.74) is 3.48. The fraction of sp³-hybridized carbons (Fsp3) is 0.125. The monoisotopic (exact) mass is 363 g/mol. The minimum Gasteiger partial charge on any atom is -0.325 e. The van der Waals surface area contributed by atoms with Crippen LogP contribution in [0.25, 0.3) is 0 Å². The van der Waals surface area contributed by atoms with Gasteiger partial charge in [-0.15, -0.1) is 0 Å².